The van der Waals surface area contributed by atoms with Gasteiger partial charge in [0.2, 0.25) is 0 Å². The largest absolute Gasteiger partial charge is 0.389 e. The summed E-state index contributed by atoms with van der Waals surface area (Å²) < 4.78 is 0. The van der Waals surface area contributed by atoms with Crippen LogP contribution in [-0.2, 0) is 6.54 Å². The van der Waals surface area contributed by atoms with Gasteiger partial charge in [0.25, 0.3) is 0 Å². The van der Waals surface area contributed by atoms with E-state index in [9.17, 15) is 0 Å². The van der Waals surface area contributed by atoms with Gasteiger partial charge in [0.05, 0.1) is 5.56 Å². The number of nitrogens with two attached hydrogens (primary N) is 1. The summed E-state index contributed by atoms with van der Waals surface area (Å²) in [7, 11) is 0. The Kier molecular flexibility index (Phi) is 4.35. The number of nitrogens with zero attached hydrogens (tertiary/aromatic N) is 1. The number of aromatic nitrogens is 1. The first kappa shape index (κ1) is 13.8. The van der Waals surface area contributed by atoms with Gasteiger partial charge in [-0.05, 0) is 36.2 Å². The van der Waals surface area contributed by atoms with Crippen LogP contribution in [-0.4, -0.2) is 9.97 Å². The highest BCUT2D eigenvalue weighted by molar-refractivity contribution is 7.80. The number of thiocarbonyl (C=S) groups is 1. The third-order valence-corrected chi connectivity index (χ3v) is 3.24. The van der Waals surface area contributed by atoms with E-state index >= 15 is 0 Å². The highest BCUT2D eigenvalue weighted by Gasteiger charge is 2.09. The minimum atomic E-state index is 0.351. The molecule has 98 valence electrons. The normalized spacial score (nSPS) is 10.2. The van der Waals surface area contributed by atoms with Gasteiger partial charge in [-0.1, -0.05) is 36.0 Å². The van der Waals surface area contributed by atoms with Crippen LogP contribution in [0.4, 0.5) is 5.82 Å². The Morgan fingerprint density at radius 1 is 1.32 bits per heavy atom. The summed E-state index contributed by atoms with van der Waals surface area (Å²) in [5.74, 6) is 0.711. The average Bonchev–Trinajstić information content (AvgIpc) is 2.37. The predicted octanol–water partition coefficient (Wildman–Crippen LogP) is 3.29. The summed E-state index contributed by atoms with van der Waals surface area (Å²) in [6.45, 7) is 2.60. The van der Waals surface area contributed by atoms with Gasteiger partial charge in [0, 0.05) is 17.8 Å². The highest BCUT2D eigenvalue weighted by Crippen LogP contribution is 2.18. The maximum Gasteiger partial charge on any atom is 0.136 e. The zero-order chi connectivity index (χ0) is 13.8. The van der Waals surface area contributed by atoms with Crippen molar-refractivity contribution >= 4 is 34.6 Å². The van der Waals surface area contributed by atoms with Crippen LogP contribution < -0.4 is 11.1 Å². The lowest BCUT2D eigenvalue weighted by atomic mass is 10.1. The second kappa shape index (κ2) is 5.99. The van der Waals surface area contributed by atoms with E-state index < -0.39 is 0 Å². The molecule has 0 bridgehead atoms. The molecule has 5 heteroatoms. The molecule has 0 aliphatic carbocycles. The van der Waals surface area contributed by atoms with Crippen molar-refractivity contribution in [3.8, 4) is 0 Å². The van der Waals surface area contributed by atoms with Gasteiger partial charge in [0.15, 0.2) is 0 Å². The Morgan fingerprint density at radius 2 is 2.00 bits per heavy atom. The summed E-state index contributed by atoms with van der Waals surface area (Å²) in [5, 5.41) is 3.97. The third-order valence-electron chi connectivity index (χ3n) is 2.78. The lowest BCUT2D eigenvalue weighted by Crippen LogP contribution is -2.16. The molecular formula is C14H14ClN3S. The van der Waals surface area contributed by atoms with Crippen LogP contribution >= 0.6 is 23.8 Å². The minimum Gasteiger partial charge on any atom is -0.389 e. The Labute approximate surface area is 122 Å². The molecule has 0 radical (unpaired) electrons. The highest BCUT2D eigenvalue weighted by atomic mass is 35.5. The molecule has 0 saturated carbocycles. The average molecular weight is 292 g/mol. The van der Waals surface area contributed by atoms with E-state index in [1.165, 1.54) is 0 Å². The molecule has 1 aromatic heterocycles. The molecule has 3 N–H and O–H groups in total. The van der Waals surface area contributed by atoms with E-state index in [1.807, 2.05) is 37.3 Å². The smallest absolute Gasteiger partial charge is 0.136 e. The van der Waals surface area contributed by atoms with Crippen LogP contribution in [0.25, 0.3) is 0 Å². The van der Waals surface area contributed by atoms with Crippen LogP contribution in [0.1, 0.15) is 16.7 Å². The van der Waals surface area contributed by atoms with E-state index in [-0.39, 0.29) is 0 Å². The summed E-state index contributed by atoms with van der Waals surface area (Å²) in [6, 6.07) is 9.53. The molecule has 0 fully saturated rings. The molecule has 0 aliphatic heterocycles. The van der Waals surface area contributed by atoms with Crippen molar-refractivity contribution in [3.05, 3.63) is 58.2 Å². The van der Waals surface area contributed by atoms with E-state index in [2.05, 4.69) is 10.3 Å². The number of aryl methyl sites for hydroxylation is 1. The van der Waals surface area contributed by atoms with Crippen molar-refractivity contribution in [1.29, 1.82) is 0 Å². The lowest BCUT2D eigenvalue weighted by Gasteiger charge is -2.12. The van der Waals surface area contributed by atoms with Crippen LogP contribution in [0.5, 0.6) is 0 Å². The first-order valence-corrected chi connectivity index (χ1v) is 6.60. The monoisotopic (exact) mass is 291 g/mol. The maximum atomic E-state index is 5.85. The number of anilines is 1. The Bertz CT molecular complexity index is 596. The van der Waals surface area contributed by atoms with Gasteiger partial charge >= 0.3 is 0 Å². The van der Waals surface area contributed by atoms with Crippen molar-refractivity contribution in [2.24, 2.45) is 5.73 Å². The number of pyridine rings is 1. The summed E-state index contributed by atoms with van der Waals surface area (Å²) in [4.78, 5) is 4.64. The fraction of sp³-hybridized carbons (Fsp3) is 0.143. The van der Waals surface area contributed by atoms with Gasteiger partial charge in [-0.3, -0.25) is 0 Å². The standard InChI is InChI=1S/C14H14ClN3S/c1-9-6-7-17-14(12(9)13(16)19)18-8-10-2-4-11(15)5-3-10/h2-7H,8H2,1H3,(H2,16,19)(H,17,18). The van der Waals surface area contributed by atoms with E-state index in [0.29, 0.717) is 17.4 Å². The molecule has 0 atom stereocenters. The molecule has 0 aliphatic rings. The van der Waals surface area contributed by atoms with Crippen LogP contribution in [0.2, 0.25) is 5.02 Å². The fourth-order valence-corrected chi connectivity index (χ4v) is 2.18. The minimum absolute atomic E-state index is 0.351. The zero-order valence-electron chi connectivity index (χ0n) is 10.5. The van der Waals surface area contributed by atoms with Crippen molar-refractivity contribution in [1.82, 2.24) is 4.98 Å². The van der Waals surface area contributed by atoms with Crippen molar-refractivity contribution in [2.75, 3.05) is 5.32 Å². The molecule has 1 heterocycles. The molecule has 0 amide bonds. The van der Waals surface area contributed by atoms with Crippen molar-refractivity contribution in [2.45, 2.75) is 13.5 Å². The molecule has 1 aromatic carbocycles. The van der Waals surface area contributed by atoms with Gasteiger partial charge in [0.1, 0.15) is 10.8 Å². The fourth-order valence-electron chi connectivity index (χ4n) is 1.79. The first-order chi connectivity index (χ1) is 9.08. The molecule has 0 saturated heterocycles. The molecule has 3 nitrogen and oxygen atoms in total. The van der Waals surface area contributed by atoms with Gasteiger partial charge < -0.3 is 11.1 Å². The molecule has 2 rings (SSSR count). The van der Waals surface area contributed by atoms with E-state index in [0.717, 1.165) is 21.7 Å². The Hall–Kier alpha value is -1.65. The van der Waals surface area contributed by atoms with Crippen LogP contribution in [0, 0.1) is 6.92 Å². The van der Waals surface area contributed by atoms with Gasteiger partial charge in [-0.25, -0.2) is 4.98 Å². The molecule has 0 spiro atoms. The third kappa shape index (κ3) is 3.43. The first-order valence-electron chi connectivity index (χ1n) is 5.81. The SMILES string of the molecule is Cc1ccnc(NCc2ccc(Cl)cc2)c1C(N)=S. The quantitative estimate of drug-likeness (QED) is 0.849. The van der Waals surface area contributed by atoms with E-state index in [4.69, 9.17) is 29.6 Å². The number of hydrogen-bond acceptors (Lipinski definition) is 3. The lowest BCUT2D eigenvalue weighted by molar-refractivity contribution is 1.10. The number of hydrogen-bond donors (Lipinski definition) is 2. The number of rotatable bonds is 4. The van der Waals surface area contributed by atoms with Gasteiger partial charge in [-0.2, -0.15) is 0 Å². The number of nitrogens with one attached hydrogen (secondary N) is 1. The van der Waals surface area contributed by atoms with Crippen LogP contribution in [0.3, 0.4) is 0 Å². The maximum absolute atomic E-state index is 5.85. The van der Waals surface area contributed by atoms with Crippen molar-refractivity contribution < 1.29 is 0 Å². The second-order valence-electron chi connectivity index (χ2n) is 4.20. The molecule has 0 unspecified atom stereocenters. The van der Waals surface area contributed by atoms with Crippen molar-refractivity contribution in [3.63, 3.8) is 0 Å². The Morgan fingerprint density at radius 3 is 2.63 bits per heavy atom. The number of halogens is 1. The molecular weight excluding hydrogens is 278 g/mol. The Balaban J connectivity index is 2.18. The van der Waals surface area contributed by atoms with Crippen LogP contribution in [0.15, 0.2) is 36.5 Å². The summed E-state index contributed by atoms with van der Waals surface area (Å²) in [6.07, 6.45) is 1.74. The summed E-state index contributed by atoms with van der Waals surface area (Å²) >= 11 is 10.9. The zero-order valence-corrected chi connectivity index (χ0v) is 12.1. The molecule has 19 heavy (non-hydrogen) atoms. The van der Waals surface area contributed by atoms with E-state index in [1.54, 1.807) is 6.20 Å². The van der Waals surface area contributed by atoms with Gasteiger partial charge in [-0.15, -0.1) is 0 Å². The number of benzene rings is 1. The predicted molar refractivity (Wildman–Crippen MR) is 83.6 cm³/mol. The summed E-state index contributed by atoms with van der Waals surface area (Å²) in [5.41, 5.74) is 8.66. The topological polar surface area (TPSA) is 50.9 Å². The second-order valence-corrected chi connectivity index (χ2v) is 5.07. The molecule has 2 aromatic rings.